The molecule has 1 aromatic rings. The number of hydrogen-bond donors (Lipinski definition) is 1. The summed E-state index contributed by atoms with van der Waals surface area (Å²) in [7, 11) is -3.50. The zero-order valence-electron chi connectivity index (χ0n) is 11.0. The Labute approximate surface area is 114 Å². The number of rotatable bonds is 7. The van der Waals surface area contributed by atoms with Crippen LogP contribution in [-0.4, -0.2) is 26.6 Å². The molecule has 0 bridgehead atoms. The first-order valence-electron chi connectivity index (χ1n) is 6.15. The van der Waals surface area contributed by atoms with Gasteiger partial charge in [-0.05, 0) is 12.0 Å². The first-order chi connectivity index (χ1) is 9.01. The van der Waals surface area contributed by atoms with E-state index in [-0.39, 0.29) is 6.54 Å². The molecule has 0 aliphatic rings. The van der Waals surface area contributed by atoms with Crippen LogP contribution in [0.4, 0.5) is 0 Å². The highest BCUT2D eigenvalue weighted by molar-refractivity contribution is 7.92. The SMILES string of the molecule is C=CCNC(=O)CS(=O)(=O)[C@H](CC)c1ccccc1. The van der Waals surface area contributed by atoms with Crippen molar-refractivity contribution in [2.24, 2.45) is 0 Å². The van der Waals surface area contributed by atoms with Gasteiger partial charge in [-0.15, -0.1) is 6.58 Å². The standard InChI is InChI=1S/C14H19NO3S/c1-3-10-15-14(16)11-19(17,18)13(4-2)12-8-6-5-7-9-12/h3,5-9,13H,1,4,10-11H2,2H3,(H,15,16)/t13-/m1/s1. The van der Waals surface area contributed by atoms with Gasteiger partial charge in [0.15, 0.2) is 9.84 Å². The van der Waals surface area contributed by atoms with Gasteiger partial charge in [0, 0.05) is 6.54 Å². The summed E-state index contributed by atoms with van der Waals surface area (Å²) in [6, 6.07) is 8.97. The fraction of sp³-hybridized carbons (Fsp3) is 0.357. The van der Waals surface area contributed by atoms with Crippen molar-refractivity contribution in [2.75, 3.05) is 12.3 Å². The van der Waals surface area contributed by atoms with E-state index in [0.717, 1.165) is 5.56 Å². The summed E-state index contributed by atoms with van der Waals surface area (Å²) in [5.74, 6) is -0.983. The van der Waals surface area contributed by atoms with Gasteiger partial charge >= 0.3 is 0 Å². The summed E-state index contributed by atoms with van der Waals surface area (Å²) in [5.41, 5.74) is 0.724. The second kappa shape index (κ2) is 7.09. The molecule has 1 atom stereocenters. The van der Waals surface area contributed by atoms with Crippen LogP contribution in [0.1, 0.15) is 24.2 Å². The Balaban J connectivity index is 2.85. The second-order valence-electron chi connectivity index (χ2n) is 4.21. The summed E-state index contributed by atoms with van der Waals surface area (Å²) in [5, 5.41) is 1.85. The Bertz CT molecular complexity index is 523. The van der Waals surface area contributed by atoms with Gasteiger partial charge < -0.3 is 5.32 Å². The summed E-state index contributed by atoms with van der Waals surface area (Å²) >= 11 is 0. The Hall–Kier alpha value is -1.62. The molecule has 1 rings (SSSR count). The molecule has 0 spiro atoms. The maximum Gasteiger partial charge on any atom is 0.235 e. The predicted molar refractivity (Wildman–Crippen MR) is 76.5 cm³/mol. The van der Waals surface area contributed by atoms with Crippen LogP contribution >= 0.6 is 0 Å². The molecule has 5 heteroatoms. The van der Waals surface area contributed by atoms with Crippen molar-refractivity contribution in [3.05, 3.63) is 48.6 Å². The maximum atomic E-state index is 12.2. The molecule has 104 valence electrons. The molecule has 4 nitrogen and oxygen atoms in total. The molecule has 19 heavy (non-hydrogen) atoms. The lowest BCUT2D eigenvalue weighted by atomic mass is 10.1. The van der Waals surface area contributed by atoms with E-state index in [0.29, 0.717) is 6.42 Å². The number of carbonyl (C=O) groups is 1. The molecule has 0 saturated carbocycles. The van der Waals surface area contributed by atoms with Gasteiger partial charge in [-0.2, -0.15) is 0 Å². The Morgan fingerprint density at radius 1 is 1.37 bits per heavy atom. The van der Waals surface area contributed by atoms with E-state index in [1.54, 1.807) is 31.2 Å². The summed E-state index contributed by atoms with van der Waals surface area (Å²) in [6.07, 6.45) is 1.96. The van der Waals surface area contributed by atoms with E-state index in [4.69, 9.17) is 0 Å². The zero-order chi connectivity index (χ0) is 14.3. The predicted octanol–water partition coefficient (Wildman–Crippen LogP) is 1.85. The average molecular weight is 281 g/mol. The lowest BCUT2D eigenvalue weighted by Gasteiger charge is -2.16. The molecule has 1 N–H and O–H groups in total. The minimum absolute atomic E-state index is 0.274. The van der Waals surface area contributed by atoms with Crippen LogP contribution in [0.25, 0.3) is 0 Å². The van der Waals surface area contributed by atoms with E-state index in [1.165, 1.54) is 6.08 Å². The third kappa shape index (κ3) is 4.52. The fourth-order valence-corrected chi connectivity index (χ4v) is 3.63. The van der Waals surface area contributed by atoms with E-state index >= 15 is 0 Å². The van der Waals surface area contributed by atoms with Gasteiger partial charge in [0.2, 0.25) is 5.91 Å². The molecule has 0 saturated heterocycles. The minimum atomic E-state index is -3.50. The lowest BCUT2D eigenvalue weighted by molar-refractivity contribution is -0.118. The number of hydrogen-bond acceptors (Lipinski definition) is 3. The van der Waals surface area contributed by atoms with Crippen LogP contribution in [-0.2, 0) is 14.6 Å². The molecular formula is C14H19NO3S. The van der Waals surface area contributed by atoms with Crippen LogP contribution in [0.15, 0.2) is 43.0 Å². The third-order valence-electron chi connectivity index (χ3n) is 2.75. The zero-order valence-corrected chi connectivity index (χ0v) is 11.8. The van der Waals surface area contributed by atoms with Crippen LogP contribution in [0.5, 0.6) is 0 Å². The van der Waals surface area contributed by atoms with Crippen LogP contribution in [0.2, 0.25) is 0 Å². The van der Waals surface area contributed by atoms with Gasteiger partial charge in [0.1, 0.15) is 5.75 Å². The number of nitrogens with one attached hydrogen (secondary N) is 1. The number of carbonyl (C=O) groups excluding carboxylic acids is 1. The molecule has 0 fully saturated rings. The topological polar surface area (TPSA) is 63.2 Å². The van der Waals surface area contributed by atoms with Crippen molar-refractivity contribution in [1.29, 1.82) is 0 Å². The molecule has 0 unspecified atom stereocenters. The van der Waals surface area contributed by atoms with Crippen molar-refractivity contribution < 1.29 is 13.2 Å². The van der Waals surface area contributed by atoms with Gasteiger partial charge in [0.25, 0.3) is 0 Å². The first-order valence-corrected chi connectivity index (χ1v) is 7.87. The second-order valence-corrected chi connectivity index (χ2v) is 6.39. The van der Waals surface area contributed by atoms with Gasteiger partial charge in [0.05, 0.1) is 5.25 Å². The largest absolute Gasteiger partial charge is 0.352 e. The molecule has 1 aromatic carbocycles. The Morgan fingerprint density at radius 2 is 2.00 bits per heavy atom. The van der Waals surface area contributed by atoms with E-state index < -0.39 is 26.7 Å². The van der Waals surface area contributed by atoms with E-state index in [1.807, 2.05) is 6.07 Å². The van der Waals surface area contributed by atoms with Crippen molar-refractivity contribution in [3.63, 3.8) is 0 Å². The Kier molecular flexibility index (Phi) is 5.76. The van der Waals surface area contributed by atoms with Crippen molar-refractivity contribution >= 4 is 15.7 Å². The summed E-state index contributed by atoms with van der Waals surface area (Å²) in [6.45, 7) is 5.54. The average Bonchev–Trinajstić information content (AvgIpc) is 2.37. The highest BCUT2D eigenvalue weighted by atomic mass is 32.2. The highest BCUT2D eigenvalue weighted by Gasteiger charge is 2.27. The van der Waals surface area contributed by atoms with Crippen LogP contribution in [0.3, 0.4) is 0 Å². The normalized spacial score (nSPS) is 12.7. The van der Waals surface area contributed by atoms with Crippen LogP contribution in [0, 0.1) is 0 Å². The number of amides is 1. The van der Waals surface area contributed by atoms with Crippen molar-refractivity contribution in [1.82, 2.24) is 5.32 Å². The first kappa shape index (κ1) is 15.4. The van der Waals surface area contributed by atoms with E-state index in [9.17, 15) is 13.2 Å². The van der Waals surface area contributed by atoms with Crippen LogP contribution < -0.4 is 5.32 Å². The monoisotopic (exact) mass is 281 g/mol. The quantitative estimate of drug-likeness (QED) is 0.776. The number of sulfone groups is 1. The molecule has 0 aliphatic carbocycles. The van der Waals surface area contributed by atoms with Gasteiger partial charge in [-0.25, -0.2) is 8.42 Å². The molecule has 1 amide bonds. The third-order valence-corrected chi connectivity index (χ3v) is 4.89. The summed E-state index contributed by atoms with van der Waals surface area (Å²) < 4.78 is 24.5. The van der Waals surface area contributed by atoms with Gasteiger partial charge in [-0.1, -0.05) is 43.3 Å². The molecule has 0 aromatic heterocycles. The van der Waals surface area contributed by atoms with Gasteiger partial charge in [-0.3, -0.25) is 4.79 Å². The van der Waals surface area contributed by atoms with Crippen molar-refractivity contribution in [2.45, 2.75) is 18.6 Å². The summed E-state index contributed by atoms with van der Waals surface area (Å²) in [4.78, 5) is 11.5. The maximum absolute atomic E-state index is 12.2. The van der Waals surface area contributed by atoms with Crippen molar-refractivity contribution in [3.8, 4) is 0 Å². The molecule has 0 aliphatic heterocycles. The highest BCUT2D eigenvalue weighted by Crippen LogP contribution is 2.26. The molecule has 0 heterocycles. The molecular weight excluding hydrogens is 262 g/mol. The molecule has 0 radical (unpaired) electrons. The minimum Gasteiger partial charge on any atom is -0.352 e. The fourth-order valence-electron chi connectivity index (χ4n) is 1.89. The lowest BCUT2D eigenvalue weighted by Crippen LogP contribution is -2.32. The Morgan fingerprint density at radius 3 is 2.53 bits per heavy atom. The number of benzene rings is 1. The smallest absolute Gasteiger partial charge is 0.235 e. The van der Waals surface area contributed by atoms with E-state index in [2.05, 4.69) is 11.9 Å².